The number of carbonyl (C=O) groups is 1. The molecule has 98 valence electrons. The largest absolute Gasteiger partial charge is 0.488 e. The van der Waals surface area contributed by atoms with Crippen LogP contribution < -0.4 is 10.1 Å². The van der Waals surface area contributed by atoms with Crippen LogP contribution in [-0.2, 0) is 6.18 Å². The number of hydrogen-bond acceptors (Lipinski definition) is 3. The van der Waals surface area contributed by atoms with E-state index in [0.29, 0.717) is 6.20 Å². The molecule has 1 saturated carbocycles. The number of rotatable bonds is 3. The van der Waals surface area contributed by atoms with Crippen LogP contribution in [0.3, 0.4) is 0 Å². The maximum atomic E-state index is 12.5. The molecule has 1 aliphatic rings. The zero-order valence-electron chi connectivity index (χ0n) is 9.54. The molecular weight excluding hydrogens is 249 g/mol. The first kappa shape index (κ1) is 12.7. The second kappa shape index (κ2) is 4.47. The van der Waals surface area contributed by atoms with Crippen LogP contribution in [0.4, 0.5) is 13.2 Å². The molecule has 0 saturated heterocycles. The van der Waals surface area contributed by atoms with Crippen molar-refractivity contribution in [1.82, 2.24) is 10.3 Å². The molecule has 1 N–H and O–H groups in total. The van der Waals surface area contributed by atoms with Crippen molar-refractivity contribution in [2.45, 2.75) is 25.1 Å². The highest BCUT2D eigenvalue weighted by Crippen LogP contribution is 2.34. The lowest BCUT2D eigenvalue weighted by atomic mass is 10.2. The first-order valence-electron chi connectivity index (χ1n) is 5.38. The molecule has 0 atom stereocenters. The third-order valence-corrected chi connectivity index (χ3v) is 2.44. The van der Waals surface area contributed by atoms with Crippen molar-refractivity contribution in [3.63, 3.8) is 0 Å². The van der Waals surface area contributed by atoms with E-state index in [2.05, 4.69) is 10.3 Å². The van der Waals surface area contributed by atoms with Gasteiger partial charge in [0.2, 0.25) is 0 Å². The van der Waals surface area contributed by atoms with E-state index >= 15 is 0 Å². The Bertz CT molecular complexity index is 470. The molecule has 0 unspecified atom stereocenters. The monoisotopic (exact) mass is 260 g/mol. The van der Waals surface area contributed by atoms with Crippen LogP contribution in [0, 0.1) is 0 Å². The number of nitrogens with one attached hydrogen (secondary N) is 1. The third kappa shape index (κ3) is 2.72. The smallest absolute Gasteiger partial charge is 0.418 e. The van der Waals surface area contributed by atoms with Crippen LogP contribution in [0.15, 0.2) is 12.3 Å². The molecule has 1 heterocycles. The summed E-state index contributed by atoms with van der Waals surface area (Å²) in [6, 6.07) is 0.815. The number of amides is 1. The van der Waals surface area contributed by atoms with Gasteiger partial charge in [0, 0.05) is 13.2 Å². The molecule has 2 rings (SSSR count). The van der Waals surface area contributed by atoms with Gasteiger partial charge in [0.15, 0.2) is 11.4 Å². The fourth-order valence-electron chi connectivity index (χ4n) is 1.34. The Morgan fingerprint density at radius 3 is 2.67 bits per heavy atom. The minimum Gasteiger partial charge on any atom is -0.488 e. The van der Waals surface area contributed by atoms with Gasteiger partial charge < -0.3 is 10.1 Å². The van der Waals surface area contributed by atoms with Gasteiger partial charge in [-0.1, -0.05) is 0 Å². The molecule has 1 amide bonds. The van der Waals surface area contributed by atoms with E-state index in [4.69, 9.17) is 4.74 Å². The summed E-state index contributed by atoms with van der Waals surface area (Å²) in [6.45, 7) is 0. The van der Waals surface area contributed by atoms with E-state index in [1.807, 2.05) is 0 Å². The van der Waals surface area contributed by atoms with Crippen molar-refractivity contribution >= 4 is 5.91 Å². The van der Waals surface area contributed by atoms with Gasteiger partial charge in [0.05, 0.1) is 11.7 Å². The van der Waals surface area contributed by atoms with Crippen molar-refractivity contribution in [2.75, 3.05) is 7.05 Å². The lowest BCUT2D eigenvalue weighted by Crippen LogP contribution is -2.21. The van der Waals surface area contributed by atoms with Crippen molar-refractivity contribution in [1.29, 1.82) is 0 Å². The van der Waals surface area contributed by atoms with Crippen LogP contribution in [0.1, 0.15) is 28.9 Å². The summed E-state index contributed by atoms with van der Waals surface area (Å²) in [4.78, 5) is 15.0. The van der Waals surface area contributed by atoms with Gasteiger partial charge in [-0.3, -0.25) is 4.79 Å². The van der Waals surface area contributed by atoms with Crippen molar-refractivity contribution < 1.29 is 22.7 Å². The summed E-state index contributed by atoms with van der Waals surface area (Å²) >= 11 is 0. The predicted molar refractivity (Wildman–Crippen MR) is 56.3 cm³/mol. The first-order valence-corrected chi connectivity index (χ1v) is 5.38. The van der Waals surface area contributed by atoms with E-state index in [1.54, 1.807) is 0 Å². The van der Waals surface area contributed by atoms with Gasteiger partial charge in [-0.25, -0.2) is 4.98 Å². The quantitative estimate of drug-likeness (QED) is 0.904. The van der Waals surface area contributed by atoms with Crippen LogP contribution in [-0.4, -0.2) is 24.0 Å². The Morgan fingerprint density at radius 1 is 1.50 bits per heavy atom. The minimum absolute atomic E-state index is 0.112. The highest BCUT2D eigenvalue weighted by molar-refractivity contribution is 5.94. The average Bonchev–Trinajstić information content (AvgIpc) is 3.10. The molecule has 7 heteroatoms. The van der Waals surface area contributed by atoms with Crippen molar-refractivity contribution in [2.24, 2.45) is 0 Å². The number of ether oxygens (including phenoxy) is 1. The maximum absolute atomic E-state index is 12.5. The average molecular weight is 260 g/mol. The zero-order valence-corrected chi connectivity index (χ0v) is 9.54. The Morgan fingerprint density at radius 2 is 2.17 bits per heavy atom. The van der Waals surface area contributed by atoms with Gasteiger partial charge in [0.1, 0.15) is 0 Å². The summed E-state index contributed by atoms with van der Waals surface area (Å²) in [5, 5.41) is 2.31. The fraction of sp³-hybridized carbons (Fsp3) is 0.455. The summed E-state index contributed by atoms with van der Waals surface area (Å²) in [5.41, 5.74) is -1.05. The molecule has 4 nitrogen and oxygen atoms in total. The van der Waals surface area contributed by atoms with Gasteiger partial charge in [-0.05, 0) is 18.9 Å². The maximum Gasteiger partial charge on any atom is 0.418 e. The first-order chi connectivity index (χ1) is 8.41. The van der Waals surface area contributed by atoms with Crippen LogP contribution in [0.5, 0.6) is 5.75 Å². The fourth-order valence-corrected chi connectivity index (χ4v) is 1.34. The Labute approximate surface area is 101 Å². The SMILES string of the molecule is CNC(=O)c1ncc(C(F)(F)F)cc1OC1CC1. The molecule has 1 aromatic rings. The topological polar surface area (TPSA) is 51.2 Å². The van der Waals surface area contributed by atoms with Crippen molar-refractivity contribution in [3.05, 3.63) is 23.5 Å². The molecule has 0 radical (unpaired) electrons. The van der Waals surface area contributed by atoms with E-state index in [0.717, 1.165) is 18.9 Å². The van der Waals surface area contributed by atoms with E-state index in [9.17, 15) is 18.0 Å². The number of alkyl halides is 3. The summed E-state index contributed by atoms with van der Waals surface area (Å²) in [6.07, 6.45) is -2.42. The molecule has 0 aromatic carbocycles. The lowest BCUT2D eigenvalue weighted by Gasteiger charge is -2.12. The van der Waals surface area contributed by atoms with E-state index in [1.165, 1.54) is 7.05 Å². The molecule has 1 aromatic heterocycles. The predicted octanol–water partition coefficient (Wildman–Crippen LogP) is 2.00. The van der Waals surface area contributed by atoms with E-state index < -0.39 is 17.6 Å². The van der Waals surface area contributed by atoms with Gasteiger partial charge in [-0.2, -0.15) is 13.2 Å². The van der Waals surface area contributed by atoms with Gasteiger partial charge in [-0.15, -0.1) is 0 Å². The lowest BCUT2D eigenvalue weighted by molar-refractivity contribution is -0.138. The normalized spacial score (nSPS) is 15.3. The molecular formula is C11H11F3N2O2. The standard InChI is InChI=1S/C11H11F3N2O2/c1-15-10(17)9-8(18-7-2-3-7)4-6(5-16-9)11(12,13)14/h4-5,7H,2-3H2,1H3,(H,15,17). The molecule has 0 aliphatic heterocycles. The Hall–Kier alpha value is -1.79. The number of pyridine rings is 1. The number of hydrogen-bond donors (Lipinski definition) is 1. The number of halogens is 3. The second-order valence-electron chi connectivity index (χ2n) is 3.96. The highest BCUT2D eigenvalue weighted by Gasteiger charge is 2.34. The molecule has 0 spiro atoms. The summed E-state index contributed by atoms with van der Waals surface area (Å²) < 4.78 is 42.9. The number of nitrogens with zero attached hydrogens (tertiary/aromatic N) is 1. The molecule has 18 heavy (non-hydrogen) atoms. The second-order valence-corrected chi connectivity index (χ2v) is 3.96. The highest BCUT2D eigenvalue weighted by atomic mass is 19.4. The van der Waals surface area contributed by atoms with Crippen LogP contribution in [0.2, 0.25) is 0 Å². The summed E-state index contributed by atoms with van der Waals surface area (Å²) in [7, 11) is 1.38. The molecule has 0 bridgehead atoms. The zero-order chi connectivity index (χ0) is 13.3. The third-order valence-electron chi connectivity index (χ3n) is 2.44. The summed E-state index contributed by atoms with van der Waals surface area (Å²) in [5.74, 6) is -0.689. The molecule has 1 fully saturated rings. The van der Waals surface area contributed by atoms with Crippen LogP contribution in [0.25, 0.3) is 0 Å². The number of carbonyl (C=O) groups excluding carboxylic acids is 1. The Kier molecular flexibility index (Phi) is 3.14. The number of aromatic nitrogens is 1. The van der Waals surface area contributed by atoms with Gasteiger partial charge >= 0.3 is 6.18 Å². The molecule has 1 aliphatic carbocycles. The van der Waals surface area contributed by atoms with E-state index in [-0.39, 0.29) is 17.5 Å². The van der Waals surface area contributed by atoms with Crippen LogP contribution >= 0.6 is 0 Å². The Balaban J connectivity index is 2.37. The minimum atomic E-state index is -4.50. The van der Waals surface area contributed by atoms with Crippen molar-refractivity contribution in [3.8, 4) is 5.75 Å². The van der Waals surface area contributed by atoms with Gasteiger partial charge in [0.25, 0.3) is 5.91 Å².